The fraction of sp³-hybridized carbons (Fsp3) is 0.429. The number of rotatable bonds is 5. The molecule has 0 amide bonds. The molecule has 6 nitrogen and oxygen atoms in total. The van der Waals surface area contributed by atoms with Gasteiger partial charge in [0.15, 0.2) is 0 Å². The van der Waals surface area contributed by atoms with Gasteiger partial charge in [0.05, 0.1) is 12.3 Å². The molecule has 7 heteroatoms. The van der Waals surface area contributed by atoms with E-state index in [1.165, 1.54) is 0 Å². The molecule has 0 spiro atoms. The Bertz CT molecular complexity index is 509. The Morgan fingerprint density at radius 2 is 2.19 bits per heavy atom. The van der Waals surface area contributed by atoms with Crippen LogP contribution in [0.25, 0.3) is 0 Å². The van der Waals surface area contributed by atoms with E-state index in [1.54, 1.807) is 31.2 Å². The summed E-state index contributed by atoms with van der Waals surface area (Å²) in [7, 11) is 0. The van der Waals surface area contributed by atoms with Crippen LogP contribution in [0.2, 0.25) is 0 Å². The van der Waals surface area contributed by atoms with Gasteiger partial charge in [0.2, 0.25) is 0 Å². The lowest BCUT2D eigenvalue weighted by molar-refractivity contribution is -0.184. The van der Waals surface area contributed by atoms with Crippen molar-refractivity contribution in [1.29, 1.82) is 0 Å². The summed E-state index contributed by atoms with van der Waals surface area (Å²) >= 11 is 0. The number of aliphatic hydroxyl groups is 1. The first kappa shape index (κ1) is 17.4. The van der Waals surface area contributed by atoms with E-state index in [-0.39, 0.29) is 32.0 Å². The maximum Gasteiger partial charge on any atom is 0.356 e. The van der Waals surface area contributed by atoms with Crippen molar-refractivity contribution in [1.82, 2.24) is 0 Å². The smallest absolute Gasteiger partial charge is 0.356 e. The van der Waals surface area contributed by atoms with Crippen LogP contribution in [0.3, 0.4) is 0 Å². The van der Waals surface area contributed by atoms with Gasteiger partial charge in [-0.1, -0.05) is 35.5 Å². The number of ether oxygens (including phenoxy) is 1. The fourth-order valence-electron chi connectivity index (χ4n) is 2.15. The summed E-state index contributed by atoms with van der Waals surface area (Å²) in [4.78, 5) is 17.5. The quantitative estimate of drug-likeness (QED) is 0.796. The summed E-state index contributed by atoms with van der Waals surface area (Å²) in [5, 5.41) is 14.3. The zero-order valence-electron chi connectivity index (χ0n) is 11.7. The Balaban J connectivity index is 0.00000220. The number of hydrogen-bond donors (Lipinski definition) is 2. The second kappa shape index (κ2) is 7.40. The Kier molecular flexibility index (Phi) is 6.14. The van der Waals surface area contributed by atoms with Crippen LogP contribution in [0.15, 0.2) is 35.5 Å². The van der Waals surface area contributed by atoms with Gasteiger partial charge in [-0.05, 0) is 12.5 Å². The zero-order chi connectivity index (χ0) is 14.6. The molecule has 1 heterocycles. The minimum atomic E-state index is -1.55. The normalized spacial score (nSPS) is 21.8. The average molecular weight is 315 g/mol. The van der Waals surface area contributed by atoms with Crippen LogP contribution >= 0.6 is 12.4 Å². The van der Waals surface area contributed by atoms with Crippen LogP contribution in [0.1, 0.15) is 25.0 Å². The summed E-state index contributed by atoms with van der Waals surface area (Å²) in [6, 6.07) is 8.81. The standard InChI is InChI=1S/C14H18N2O4.ClH/c1-2-19-13(18)14(8-11(9-15)16-20-14)12(17)10-6-4-3-5-7-10;/h3-7,12,17H,2,8-9,15H2,1H3;1H. The van der Waals surface area contributed by atoms with E-state index >= 15 is 0 Å². The Morgan fingerprint density at radius 1 is 1.52 bits per heavy atom. The molecule has 1 aliphatic heterocycles. The highest BCUT2D eigenvalue weighted by Gasteiger charge is 2.54. The number of nitrogens with zero attached hydrogens (tertiary/aromatic N) is 1. The monoisotopic (exact) mass is 314 g/mol. The highest BCUT2D eigenvalue weighted by Crippen LogP contribution is 2.37. The van der Waals surface area contributed by atoms with Gasteiger partial charge in [0.1, 0.15) is 6.10 Å². The fourth-order valence-corrected chi connectivity index (χ4v) is 2.15. The number of benzene rings is 1. The summed E-state index contributed by atoms with van der Waals surface area (Å²) < 4.78 is 5.03. The van der Waals surface area contributed by atoms with Crippen LogP contribution in [0, 0.1) is 0 Å². The number of nitrogens with two attached hydrogens (primary N) is 1. The summed E-state index contributed by atoms with van der Waals surface area (Å²) in [5.74, 6) is -0.636. The Hall–Kier alpha value is -1.63. The SMILES string of the molecule is CCOC(=O)C1(C(O)c2ccccc2)CC(CN)=NO1.Cl. The van der Waals surface area contributed by atoms with E-state index in [0.717, 1.165) is 0 Å². The largest absolute Gasteiger partial charge is 0.463 e. The van der Waals surface area contributed by atoms with E-state index in [0.29, 0.717) is 11.3 Å². The molecule has 0 radical (unpaired) electrons. The molecule has 116 valence electrons. The van der Waals surface area contributed by atoms with Gasteiger partial charge in [-0.3, -0.25) is 0 Å². The Morgan fingerprint density at radius 3 is 2.71 bits per heavy atom. The second-order valence-electron chi connectivity index (χ2n) is 4.55. The number of carbonyl (C=O) groups is 1. The molecule has 3 N–H and O–H groups in total. The molecule has 0 fully saturated rings. The molecular formula is C14H19ClN2O4. The van der Waals surface area contributed by atoms with E-state index in [4.69, 9.17) is 15.3 Å². The van der Waals surface area contributed by atoms with Crippen LogP contribution in [-0.4, -0.2) is 35.5 Å². The van der Waals surface area contributed by atoms with Gasteiger partial charge < -0.3 is 20.4 Å². The van der Waals surface area contributed by atoms with Crippen molar-refractivity contribution in [2.75, 3.05) is 13.2 Å². The first-order chi connectivity index (χ1) is 9.64. The molecule has 0 aromatic heterocycles. The number of carbonyl (C=O) groups excluding carboxylic acids is 1. The molecule has 2 rings (SSSR count). The van der Waals surface area contributed by atoms with Crippen molar-refractivity contribution in [3.8, 4) is 0 Å². The number of esters is 1. The third-order valence-corrected chi connectivity index (χ3v) is 3.22. The maximum absolute atomic E-state index is 12.2. The van der Waals surface area contributed by atoms with Gasteiger partial charge in [-0.25, -0.2) is 4.79 Å². The van der Waals surface area contributed by atoms with Crippen molar-refractivity contribution in [2.24, 2.45) is 10.9 Å². The van der Waals surface area contributed by atoms with Gasteiger partial charge in [0, 0.05) is 13.0 Å². The highest BCUT2D eigenvalue weighted by atomic mass is 35.5. The van der Waals surface area contributed by atoms with E-state index < -0.39 is 17.7 Å². The van der Waals surface area contributed by atoms with Gasteiger partial charge in [0.25, 0.3) is 5.60 Å². The minimum Gasteiger partial charge on any atom is -0.463 e. The van der Waals surface area contributed by atoms with E-state index in [2.05, 4.69) is 5.16 Å². The minimum absolute atomic E-state index is 0. The summed E-state index contributed by atoms with van der Waals surface area (Å²) in [6.45, 7) is 2.06. The first-order valence-electron chi connectivity index (χ1n) is 6.48. The van der Waals surface area contributed by atoms with Crippen molar-refractivity contribution in [2.45, 2.75) is 25.0 Å². The highest BCUT2D eigenvalue weighted by molar-refractivity contribution is 5.95. The topological polar surface area (TPSA) is 94.1 Å². The molecule has 2 unspecified atom stereocenters. The van der Waals surface area contributed by atoms with Crippen LogP contribution in [-0.2, 0) is 14.4 Å². The molecule has 1 aliphatic rings. The lowest BCUT2D eigenvalue weighted by Gasteiger charge is -2.29. The molecule has 1 aromatic carbocycles. The molecular weight excluding hydrogens is 296 g/mol. The lowest BCUT2D eigenvalue weighted by Crippen LogP contribution is -2.46. The first-order valence-corrected chi connectivity index (χ1v) is 6.48. The van der Waals surface area contributed by atoms with Crippen molar-refractivity contribution in [3.63, 3.8) is 0 Å². The average Bonchev–Trinajstić information content (AvgIpc) is 2.93. The molecule has 0 bridgehead atoms. The van der Waals surface area contributed by atoms with Crippen molar-refractivity contribution >= 4 is 24.1 Å². The number of aliphatic hydroxyl groups excluding tert-OH is 1. The Labute approximate surface area is 129 Å². The third-order valence-electron chi connectivity index (χ3n) is 3.22. The van der Waals surface area contributed by atoms with Crippen molar-refractivity contribution < 1.29 is 19.5 Å². The summed E-state index contributed by atoms with van der Waals surface area (Å²) in [5.41, 5.74) is 5.06. The number of oxime groups is 1. The zero-order valence-corrected chi connectivity index (χ0v) is 12.5. The van der Waals surface area contributed by atoms with E-state index in [1.807, 2.05) is 6.07 Å². The van der Waals surface area contributed by atoms with Gasteiger partial charge >= 0.3 is 5.97 Å². The lowest BCUT2D eigenvalue weighted by atomic mass is 9.86. The molecule has 1 aromatic rings. The predicted molar refractivity (Wildman–Crippen MR) is 80.2 cm³/mol. The molecule has 0 saturated heterocycles. The molecule has 21 heavy (non-hydrogen) atoms. The third kappa shape index (κ3) is 3.34. The number of hydrogen-bond acceptors (Lipinski definition) is 6. The number of halogens is 1. The molecule has 0 aliphatic carbocycles. The van der Waals surface area contributed by atoms with Crippen LogP contribution in [0.4, 0.5) is 0 Å². The maximum atomic E-state index is 12.2. The van der Waals surface area contributed by atoms with Crippen molar-refractivity contribution in [3.05, 3.63) is 35.9 Å². The molecule has 0 saturated carbocycles. The van der Waals surface area contributed by atoms with Crippen LogP contribution in [0.5, 0.6) is 0 Å². The van der Waals surface area contributed by atoms with E-state index in [9.17, 15) is 9.90 Å². The van der Waals surface area contributed by atoms with Crippen LogP contribution < -0.4 is 5.73 Å². The van der Waals surface area contributed by atoms with Gasteiger partial charge in [-0.2, -0.15) is 0 Å². The molecule has 2 atom stereocenters. The predicted octanol–water partition coefficient (Wildman–Crippen LogP) is 1.18. The summed E-state index contributed by atoms with van der Waals surface area (Å²) in [6.07, 6.45) is -1.05. The van der Waals surface area contributed by atoms with Gasteiger partial charge in [-0.15, -0.1) is 12.4 Å². The second-order valence-corrected chi connectivity index (χ2v) is 4.55.